The number of carbonyl (C=O) groups excluding carboxylic acids is 1. The fourth-order valence-corrected chi connectivity index (χ4v) is 2.41. The molecule has 0 bridgehead atoms. The molecular formula is C22H18ClF3N4O. The summed E-state index contributed by atoms with van der Waals surface area (Å²) in [6.07, 6.45) is -0.569. The van der Waals surface area contributed by atoms with Crippen molar-refractivity contribution in [3.05, 3.63) is 84.0 Å². The molecular weight excluding hydrogens is 429 g/mol. The molecule has 0 amide bonds. The highest BCUT2D eigenvalue weighted by molar-refractivity contribution is 6.32. The molecule has 0 fully saturated rings. The minimum Gasteiger partial charge on any atom is -0.339 e. The van der Waals surface area contributed by atoms with Crippen LogP contribution in [0.2, 0.25) is 5.02 Å². The largest absolute Gasteiger partial charge is 0.446 e. The van der Waals surface area contributed by atoms with Gasteiger partial charge in [0.25, 0.3) is 0 Å². The van der Waals surface area contributed by atoms with Crippen molar-refractivity contribution < 1.29 is 18.0 Å². The molecule has 31 heavy (non-hydrogen) atoms. The Labute approximate surface area is 182 Å². The molecule has 3 rings (SSSR count). The molecule has 1 aromatic heterocycles. The van der Waals surface area contributed by atoms with E-state index in [0.29, 0.717) is 16.8 Å². The molecule has 0 saturated heterocycles. The molecule has 5 nitrogen and oxygen atoms in total. The summed E-state index contributed by atoms with van der Waals surface area (Å²) in [7, 11) is 0. The van der Waals surface area contributed by atoms with Crippen LogP contribution in [0, 0.1) is 0 Å². The summed E-state index contributed by atoms with van der Waals surface area (Å²) in [5.41, 5.74) is 3.77. The Morgan fingerprint density at radius 3 is 1.94 bits per heavy atom. The first-order valence-electron chi connectivity index (χ1n) is 8.78. The summed E-state index contributed by atoms with van der Waals surface area (Å²) >= 11 is 6.22. The molecule has 2 N–H and O–H groups in total. The summed E-state index contributed by atoms with van der Waals surface area (Å²) in [6, 6.07) is 15.6. The lowest BCUT2D eigenvalue weighted by Gasteiger charge is -2.11. The zero-order valence-corrected chi connectivity index (χ0v) is 16.9. The monoisotopic (exact) mass is 446 g/mol. The van der Waals surface area contributed by atoms with Crippen LogP contribution >= 0.6 is 11.6 Å². The quantitative estimate of drug-likeness (QED) is 0.415. The third-order valence-electron chi connectivity index (χ3n) is 3.64. The predicted octanol–water partition coefficient (Wildman–Crippen LogP) is 6.65. The van der Waals surface area contributed by atoms with Gasteiger partial charge in [-0.15, -0.1) is 0 Å². The van der Waals surface area contributed by atoms with Crippen LogP contribution < -0.4 is 10.6 Å². The van der Waals surface area contributed by atoms with E-state index in [4.69, 9.17) is 16.4 Å². The Kier molecular flexibility index (Phi) is 8.33. The van der Waals surface area contributed by atoms with E-state index < -0.39 is 12.5 Å². The molecule has 2 aromatic carbocycles. The van der Waals surface area contributed by atoms with Crippen LogP contribution in [-0.2, 0) is 4.79 Å². The molecule has 160 valence electrons. The van der Waals surface area contributed by atoms with Gasteiger partial charge in [0.2, 0.25) is 12.2 Å². The standard InChI is InChI=1S/C20H17ClN4.C2HF3O/c1-3-14-7-5-9-16(11-14)23-19-18(21)13-22-20(25-19)24-17-10-6-8-15(4-2)12-17;3-2(4,5)1-6/h3-13H,1-2H2,(H2,22,23,24,25);1H. The van der Waals surface area contributed by atoms with E-state index in [1.807, 2.05) is 48.5 Å². The molecule has 1 heterocycles. The Balaban J connectivity index is 0.000000501. The molecule has 9 heteroatoms. The Morgan fingerprint density at radius 1 is 0.935 bits per heavy atom. The number of rotatable bonds is 6. The Morgan fingerprint density at radius 2 is 1.45 bits per heavy atom. The van der Waals surface area contributed by atoms with E-state index in [1.54, 1.807) is 18.3 Å². The number of aromatic nitrogens is 2. The summed E-state index contributed by atoms with van der Waals surface area (Å²) in [4.78, 5) is 17.4. The topological polar surface area (TPSA) is 66.9 Å². The van der Waals surface area contributed by atoms with Crippen LogP contribution in [0.25, 0.3) is 12.2 Å². The Bertz CT molecular complexity index is 1070. The van der Waals surface area contributed by atoms with Gasteiger partial charge in [-0.3, -0.25) is 4.79 Å². The van der Waals surface area contributed by atoms with Crippen molar-refractivity contribution in [2.45, 2.75) is 6.18 Å². The van der Waals surface area contributed by atoms with E-state index >= 15 is 0 Å². The molecule has 3 aromatic rings. The maximum Gasteiger partial charge on any atom is 0.446 e. The van der Waals surface area contributed by atoms with E-state index in [0.717, 1.165) is 22.5 Å². The van der Waals surface area contributed by atoms with Gasteiger partial charge < -0.3 is 10.6 Å². The van der Waals surface area contributed by atoms with Gasteiger partial charge in [-0.05, 0) is 35.4 Å². The lowest BCUT2D eigenvalue weighted by molar-refractivity contribution is -0.156. The van der Waals surface area contributed by atoms with Crippen molar-refractivity contribution in [1.29, 1.82) is 0 Å². The number of halogens is 4. The smallest absolute Gasteiger partial charge is 0.339 e. The number of carbonyl (C=O) groups is 1. The highest BCUT2D eigenvalue weighted by Gasteiger charge is 2.24. The molecule has 0 spiro atoms. The molecule has 0 aliphatic heterocycles. The maximum absolute atomic E-state index is 10.4. The van der Waals surface area contributed by atoms with Crippen LogP contribution in [0.1, 0.15) is 11.1 Å². The average Bonchev–Trinajstić information content (AvgIpc) is 2.76. The lowest BCUT2D eigenvalue weighted by atomic mass is 10.2. The molecule has 0 aliphatic carbocycles. The van der Waals surface area contributed by atoms with Crippen LogP contribution in [0.3, 0.4) is 0 Å². The minimum absolute atomic E-state index is 0.439. The number of anilines is 4. The number of hydrogen-bond acceptors (Lipinski definition) is 5. The average molecular weight is 447 g/mol. The summed E-state index contributed by atoms with van der Waals surface area (Å²) in [6.45, 7) is 7.55. The Hall–Kier alpha value is -3.65. The van der Waals surface area contributed by atoms with Gasteiger partial charge >= 0.3 is 6.18 Å². The summed E-state index contributed by atoms with van der Waals surface area (Å²) in [5.74, 6) is 0.980. The molecule has 0 saturated carbocycles. The summed E-state index contributed by atoms with van der Waals surface area (Å²) in [5, 5.41) is 6.82. The van der Waals surface area contributed by atoms with E-state index in [2.05, 4.69) is 33.8 Å². The van der Waals surface area contributed by atoms with Gasteiger partial charge in [-0.2, -0.15) is 18.2 Å². The SMILES string of the molecule is C=Cc1cccc(Nc2ncc(Cl)c(Nc3cccc(C=C)c3)n2)c1.O=CC(F)(F)F. The predicted molar refractivity (Wildman–Crippen MR) is 119 cm³/mol. The van der Waals surface area contributed by atoms with Crippen molar-refractivity contribution in [3.63, 3.8) is 0 Å². The first-order chi connectivity index (χ1) is 14.7. The fourth-order valence-electron chi connectivity index (χ4n) is 2.27. The van der Waals surface area contributed by atoms with Crippen molar-refractivity contribution in [2.75, 3.05) is 10.6 Å². The van der Waals surface area contributed by atoms with Gasteiger partial charge in [-0.1, -0.05) is 61.2 Å². The van der Waals surface area contributed by atoms with Gasteiger partial charge in [0.1, 0.15) is 5.02 Å². The van der Waals surface area contributed by atoms with Gasteiger partial charge in [-0.25, -0.2) is 4.98 Å². The van der Waals surface area contributed by atoms with Crippen LogP contribution in [0.15, 0.2) is 67.9 Å². The van der Waals surface area contributed by atoms with Gasteiger partial charge in [0.15, 0.2) is 5.82 Å². The maximum atomic E-state index is 10.4. The number of alkyl halides is 3. The number of nitrogens with one attached hydrogen (secondary N) is 2. The normalized spacial score (nSPS) is 10.3. The third kappa shape index (κ3) is 7.94. The van der Waals surface area contributed by atoms with E-state index in [1.165, 1.54) is 0 Å². The highest BCUT2D eigenvalue weighted by atomic mass is 35.5. The van der Waals surface area contributed by atoms with Gasteiger partial charge in [0, 0.05) is 11.4 Å². The zero-order chi connectivity index (χ0) is 22.9. The van der Waals surface area contributed by atoms with Crippen molar-refractivity contribution in [3.8, 4) is 0 Å². The van der Waals surface area contributed by atoms with Crippen molar-refractivity contribution in [2.24, 2.45) is 0 Å². The van der Waals surface area contributed by atoms with Gasteiger partial charge in [0.05, 0.1) is 6.20 Å². The molecule has 0 unspecified atom stereocenters. The first kappa shape index (κ1) is 23.6. The van der Waals surface area contributed by atoms with Crippen molar-refractivity contribution in [1.82, 2.24) is 9.97 Å². The summed E-state index contributed by atoms with van der Waals surface area (Å²) < 4.78 is 31.2. The second-order valence-electron chi connectivity index (χ2n) is 5.96. The second-order valence-corrected chi connectivity index (χ2v) is 6.37. The van der Waals surface area contributed by atoms with Crippen LogP contribution in [0.4, 0.5) is 36.3 Å². The lowest BCUT2D eigenvalue weighted by Crippen LogP contribution is -2.07. The van der Waals surface area contributed by atoms with Crippen molar-refractivity contribution >= 4 is 53.2 Å². The zero-order valence-electron chi connectivity index (χ0n) is 16.2. The van der Waals surface area contributed by atoms with Crippen LogP contribution in [0.5, 0.6) is 0 Å². The minimum atomic E-state index is -4.64. The number of aldehydes is 1. The number of benzene rings is 2. The molecule has 0 radical (unpaired) electrons. The molecule has 0 aliphatic rings. The van der Waals surface area contributed by atoms with E-state index in [9.17, 15) is 13.2 Å². The first-order valence-corrected chi connectivity index (χ1v) is 9.16. The van der Waals surface area contributed by atoms with Crippen LogP contribution in [-0.4, -0.2) is 22.4 Å². The number of nitrogens with zero attached hydrogens (tertiary/aromatic N) is 2. The third-order valence-corrected chi connectivity index (χ3v) is 3.92. The van der Waals surface area contributed by atoms with E-state index in [-0.39, 0.29) is 0 Å². The number of hydrogen-bond donors (Lipinski definition) is 2. The fraction of sp³-hybridized carbons (Fsp3) is 0.0455. The molecule has 0 atom stereocenters. The second kappa shape index (κ2) is 10.9. The highest BCUT2D eigenvalue weighted by Crippen LogP contribution is 2.25.